The summed E-state index contributed by atoms with van der Waals surface area (Å²) in [4.78, 5) is 17.6. The van der Waals surface area contributed by atoms with E-state index in [-0.39, 0.29) is 11.6 Å². The quantitative estimate of drug-likeness (QED) is 0.752. The Hall–Kier alpha value is -1.89. The normalized spacial score (nSPS) is 15.0. The van der Waals surface area contributed by atoms with Crippen LogP contribution in [0, 0.1) is 11.3 Å². The molecule has 0 bridgehead atoms. The van der Waals surface area contributed by atoms with Gasteiger partial charge in [0.05, 0.1) is 0 Å². The highest BCUT2D eigenvalue weighted by molar-refractivity contribution is 5.94. The van der Waals surface area contributed by atoms with E-state index in [9.17, 15) is 4.79 Å². The highest BCUT2D eigenvalue weighted by Crippen LogP contribution is 2.24. The maximum absolute atomic E-state index is 12.0. The van der Waals surface area contributed by atoms with E-state index in [4.69, 9.17) is 5.26 Å². The van der Waals surface area contributed by atoms with Crippen molar-refractivity contribution in [1.82, 2.24) is 9.88 Å². The predicted molar refractivity (Wildman–Crippen MR) is 58.7 cm³/mol. The van der Waals surface area contributed by atoms with Crippen molar-refractivity contribution in [1.29, 1.82) is 5.26 Å². The van der Waals surface area contributed by atoms with Gasteiger partial charge < -0.3 is 4.90 Å². The van der Waals surface area contributed by atoms with Gasteiger partial charge in [-0.05, 0) is 31.4 Å². The zero-order valence-corrected chi connectivity index (χ0v) is 9.18. The lowest BCUT2D eigenvalue weighted by Gasteiger charge is -2.34. The molecule has 1 fully saturated rings. The number of hydrogen-bond acceptors (Lipinski definition) is 3. The number of carbonyl (C=O) groups excluding carboxylic acids is 1. The van der Waals surface area contributed by atoms with Crippen molar-refractivity contribution in [2.45, 2.75) is 25.3 Å². The number of carbonyl (C=O) groups is 1. The first-order valence-corrected chi connectivity index (χ1v) is 5.35. The van der Waals surface area contributed by atoms with Gasteiger partial charge in [-0.25, -0.2) is 4.98 Å². The number of nitrogens with zero attached hydrogens (tertiary/aromatic N) is 3. The van der Waals surface area contributed by atoms with Crippen molar-refractivity contribution in [3.63, 3.8) is 0 Å². The van der Waals surface area contributed by atoms with Gasteiger partial charge in [0, 0.05) is 24.8 Å². The summed E-state index contributed by atoms with van der Waals surface area (Å²) in [5.41, 5.74) is 0.828. The minimum atomic E-state index is -0.0244. The van der Waals surface area contributed by atoms with Crippen LogP contribution in [0.2, 0.25) is 0 Å². The minimum absolute atomic E-state index is 0.0244. The van der Waals surface area contributed by atoms with E-state index in [1.165, 1.54) is 18.7 Å². The average molecular weight is 215 g/mol. The second-order valence-corrected chi connectivity index (χ2v) is 4.04. The fourth-order valence-corrected chi connectivity index (χ4v) is 1.77. The molecule has 1 heterocycles. The molecule has 1 saturated carbocycles. The summed E-state index contributed by atoms with van der Waals surface area (Å²) in [5, 5.41) is 8.71. The zero-order chi connectivity index (χ0) is 11.5. The summed E-state index contributed by atoms with van der Waals surface area (Å²) in [6, 6.07) is 5.49. The Morgan fingerprint density at radius 1 is 1.62 bits per heavy atom. The van der Waals surface area contributed by atoms with Crippen LogP contribution in [-0.4, -0.2) is 28.9 Å². The lowest BCUT2D eigenvalue weighted by Crippen LogP contribution is -2.41. The summed E-state index contributed by atoms with van der Waals surface area (Å²) >= 11 is 0. The van der Waals surface area contributed by atoms with Crippen molar-refractivity contribution in [2.24, 2.45) is 0 Å². The van der Waals surface area contributed by atoms with Gasteiger partial charge in [-0.2, -0.15) is 5.26 Å². The predicted octanol–water partition coefficient (Wildman–Crippen LogP) is 1.58. The molecule has 0 N–H and O–H groups in total. The van der Waals surface area contributed by atoms with Gasteiger partial charge in [-0.15, -0.1) is 0 Å². The van der Waals surface area contributed by atoms with Crippen LogP contribution in [0.15, 0.2) is 18.3 Å². The second-order valence-electron chi connectivity index (χ2n) is 4.04. The van der Waals surface area contributed by atoms with Crippen LogP contribution >= 0.6 is 0 Å². The molecule has 1 aromatic heterocycles. The number of rotatable bonds is 2. The molecule has 1 aliphatic rings. The van der Waals surface area contributed by atoms with Gasteiger partial charge in [0.1, 0.15) is 11.8 Å². The Labute approximate surface area is 94.5 Å². The average Bonchev–Trinajstić information content (AvgIpc) is 2.25. The van der Waals surface area contributed by atoms with Crippen molar-refractivity contribution in [2.75, 3.05) is 7.05 Å². The molecular formula is C12H13N3O. The Morgan fingerprint density at radius 2 is 2.38 bits per heavy atom. The number of amides is 1. The van der Waals surface area contributed by atoms with Gasteiger partial charge >= 0.3 is 0 Å². The fourth-order valence-electron chi connectivity index (χ4n) is 1.77. The van der Waals surface area contributed by atoms with Crippen LogP contribution < -0.4 is 0 Å². The van der Waals surface area contributed by atoms with E-state index < -0.39 is 0 Å². The van der Waals surface area contributed by atoms with E-state index in [0.717, 1.165) is 12.8 Å². The van der Waals surface area contributed by atoms with Gasteiger partial charge in [-0.1, -0.05) is 0 Å². The largest absolute Gasteiger partial charge is 0.339 e. The van der Waals surface area contributed by atoms with Crippen molar-refractivity contribution in [3.8, 4) is 6.07 Å². The molecule has 0 aromatic carbocycles. The van der Waals surface area contributed by atoms with E-state index in [2.05, 4.69) is 4.98 Å². The fraction of sp³-hybridized carbons (Fsp3) is 0.417. The molecule has 1 aromatic rings. The van der Waals surface area contributed by atoms with Gasteiger partial charge in [0.15, 0.2) is 0 Å². The van der Waals surface area contributed by atoms with Crippen LogP contribution in [0.3, 0.4) is 0 Å². The number of nitriles is 1. The van der Waals surface area contributed by atoms with Crippen LogP contribution in [-0.2, 0) is 0 Å². The van der Waals surface area contributed by atoms with Gasteiger partial charge in [0.2, 0.25) is 0 Å². The Kier molecular flexibility index (Phi) is 2.86. The number of hydrogen-bond donors (Lipinski definition) is 0. The molecule has 0 unspecified atom stereocenters. The summed E-state index contributed by atoms with van der Waals surface area (Å²) in [6.45, 7) is 0. The Bertz CT molecular complexity index is 446. The lowest BCUT2D eigenvalue weighted by atomic mass is 9.91. The SMILES string of the molecule is CN(C(=O)c1ccnc(C#N)c1)C1CCC1. The molecule has 82 valence electrons. The van der Waals surface area contributed by atoms with E-state index >= 15 is 0 Å². The standard InChI is InChI=1S/C12H13N3O/c1-15(11-3-2-4-11)12(16)9-5-6-14-10(7-9)8-13/h5-7,11H,2-4H2,1H3. The molecule has 0 atom stereocenters. The van der Waals surface area contributed by atoms with E-state index in [0.29, 0.717) is 11.6 Å². The molecule has 0 saturated heterocycles. The summed E-state index contributed by atoms with van der Waals surface area (Å²) in [5.74, 6) is -0.0244. The minimum Gasteiger partial charge on any atom is -0.339 e. The van der Waals surface area contributed by atoms with Crippen LogP contribution in [0.5, 0.6) is 0 Å². The highest BCUT2D eigenvalue weighted by atomic mass is 16.2. The molecular weight excluding hydrogens is 202 g/mol. The highest BCUT2D eigenvalue weighted by Gasteiger charge is 2.26. The molecule has 0 aliphatic heterocycles. The van der Waals surface area contributed by atoms with Crippen molar-refractivity contribution < 1.29 is 4.79 Å². The molecule has 4 heteroatoms. The van der Waals surface area contributed by atoms with Crippen molar-refractivity contribution in [3.05, 3.63) is 29.6 Å². The molecule has 4 nitrogen and oxygen atoms in total. The maximum atomic E-state index is 12.0. The third-order valence-corrected chi connectivity index (χ3v) is 3.06. The molecule has 1 aliphatic carbocycles. The molecule has 2 rings (SSSR count). The first kappa shape index (κ1) is 10.6. The molecule has 1 amide bonds. The smallest absolute Gasteiger partial charge is 0.254 e. The Balaban J connectivity index is 2.16. The van der Waals surface area contributed by atoms with Gasteiger partial charge in [-0.3, -0.25) is 4.79 Å². The maximum Gasteiger partial charge on any atom is 0.254 e. The van der Waals surface area contributed by atoms with Gasteiger partial charge in [0.25, 0.3) is 5.91 Å². The van der Waals surface area contributed by atoms with Crippen LogP contribution in [0.4, 0.5) is 0 Å². The zero-order valence-electron chi connectivity index (χ0n) is 9.18. The molecule has 0 spiro atoms. The summed E-state index contributed by atoms with van der Waals surface area (Å²) < 4.78 is 0. The van der Waals surface area contributed by atoms with E-state index in [1.54, 1.807) is 11.0 Å². The van der Waals surface area contributed by atoms with Crippen molar-refractivity contribution >= 4 is 5.91 Å². The monoisotopic (exact) mass is 215 g/mol. The van der Waals surface area contributed by atoms with Crippen LogP contribution in [0.25, 0.3) is 0 Å². The second kappa shape index (κ2) is 4.31. The third kappa shape index (κ3) is 1.89. The first-order chi connectivity index (χ1) is 7.72. The molecule has 0 radical (unpaired) electrons. The third-order valence-electron chi connectivity index (χ3n) is 3.06. The van der Waals surface area contributed by atoms with E-state index in [1.807, 2.05) is 13.1 Å². The van der Waals surface area contributed by atoms with Crippen LogP contribution in [0.1, 0.15) is 35.3 Å². The number of aromatic nitrogens is 1. The lowest BCUT2D eigenvalue weighted by molar-refractivity contribution is 0.0652. The Morgan fingerprint density at radius 3 is 2.94 bits per heavy atom. The number of pyridine rings is 1. The first-order valence-electron chi connectivity index (χ1n) is 5.35. The molecule has 16 heavy (non-hydrogen) atoms. The summed E-state index contributed by atoms with van der Waals surface area (Å²) in [6.07, 6.45) is 4.86. The topological polar surface area (TPSA) is 57.0 Å². The summed E-state index contributed by atoms with van der Waals surface area (Å²) in [7, 11) is 1.82.